The highest BCUT2D eigenvalue weighted by Crippen LogP contribution is 2.27. The molecule has 1 saturated heterocycles. The second kappa shape index (κ2) is 3.99. The van der Waals surface area contributed by atoms with Gasteiger partial charge in [-0.2, -0.15) is 5.26 Å². The van der Waals surface area contributed by atoms with E-state index in [0.29, 0.717) is 0 Å². The summed E-state index contributed by atoms with van der Waals surface area (Å²) < 4.78 is 22.4. The van der Waals surface area contributed by atoms with Gasteiger partial charge in [0.25, 0.3) is 0 Å². The molecule has 1 heterocycles. The summed E-state index contributed by atoms with van der Waals surface area (Å²) >= 11 is 0.957. The molecular weight excluding hydrogens is 206 g/mol. The Morgan fingerprint density at radius 1 is 1.69 bits per heavy atom. The van der Waals surface area contributed by atoms with E-state index in [9.17, 15) is 8.42 Å². The van der Waals surface area contributed by atoms with Crippen molar-refractivity contribution < 1.29 is 8.42 Å². The van der Waals surface area contributed by atoms with Crippen LogP contribution in [0.4, 0.5) is 0 Å². The van der Waals surface area contributed by atoms with Crippen molar-refractivity contribution in [2.75, 3.05) is 11.5 Å². The van der Waals surface area contributed by atoms with Gasteiger partial charge in [-0.15, -0.1) is 6.58 Å². The molecule has 1 fully saturated rings. The van der Waals surface area contributed by atoms with E-state index in [2.05, 4.69) is 6.58 Å². The Kier molecular flexibility index (Phi) is 3.17. The van der Waals surface area contributed by atoms with Gasteiger partial charge in [0.15, 0.2) is 9.84 Å². The van der Waals surface area contributed by atoms with Gasteiger partial charge in [-0.1, -0.05) is 6.08 Å². The second-order valence-electron chi connectivity index (χ2n) is 2.80. The number of nitriles is 1. The molecule has 70 valence electrons. The predicted octanol–water partition coefficient (Wildman–Crippen LogP) is 1.32. The van der Waals surface area contributed by atoms with Crippen LogP contribution in [0.5, 0.6) is 0 Å². The smallest absolute Gasteiger partial charge is 0.155 e. The van der Waals surface area contributed by atoms with Crippen LogP contribution in [0.2, 0.25) is 0 Å². The van der Waals surface area contributed by atoms with Gasteiger partial charge in [0.05, 0.1) is 11.5 Å². The normalized spacial score (nSPS) is 28.5. The molecule has 0 aliphatic carbocycles. The van der Waals surface area contributed by atoms with Crippen LogP contribution in [-0.4, -0.2) is 19.9 Å². The number of allylic oxidation sites excluding steroid dienone is 1. The van der Waals surface area contributed by atoms with E-state index in [0.717, 1.165) is 17.3 Å². The zero-order chi connectivity index (χ0) is 9.90. The van der Waals surface area contributed by atoms with Crippen LogP contribution in [0.25, 0.3) is 0 Å². The average molecular weight is 215 g/mol. The molecule has 0 spiro atoms. The fraction of sp³-hybridized carbons (Fsp3) is 0.375. The predicted molar refractivity (Wildman–Crippen MR) is 53.6 cm³/mol. The Morgan fingerprint density at radius 3 is 2.92 bits per heavy atom. The number of thiocyanates is 1. The summed E-state index contributed by atoms with van der Waals surface area (Å²) in [5, 5.41) is 11.8. The molecule has 5 heteroatoms. The highest BCUT2D eigenvalue weighted by molar-refractivity contribution is 8.06. The lowest BCUT2D eigenvalue weighted by Gasteiger charge is -2.00. The molecule has 0 aromatic rings. The third kappa shape index (κ3) is 2.61. The van der Waals surface area contributed by atoms with E-state index in [1.807, 2.05) is 5.40 Å². The molecule has 13 heavy (non-hydrogen) atoms. The van der Waals surface area contributed by atoms with Gasteiger partial charge in [-0.3, -0.25) is 0 Å². The summed E-state index contributed by atoms with van der Waals surface area (Å²) in [7, 11) is -2.95. The van der Waals surface area contributed by atoms with Gasteiger partial charge < -0.3 is 0 Å². The van der Waals surface area contributed by atoms with Gasteiger partial charge in [0, 0.05) is 5.92 Å². The molecule has 3 nitrogen and oxygen atoms in total. The quantitative estimate of drug-likeness (QED) is 0.515. The molecule has 0 radical (unpaired) electrons. The van der Waals surface area contributed by atoms with Gasteiger partial charge in [0.1, 0.15) is 5.40 Å². The van der Waals surface area contributed by atoms with Crippen molar-refractivity contribution in [2.24, 2.45) is 5.92 Å². The molecule has 1 aliphatic rings. The van der Waals surface area contributed by atoms with Gasteiger partial charge >= 0.3 is 0 Å². The molecule has 1 unspecified atom stereocenters. The number of rotatable bonds is 2. The van der Waals surface area contributed by atoms with E-state index in [-0.39, 0.29) is 17.4 Å². The third-order valence-electron chi connectivity index (χ3n) is 1.84. The Balaban J connectivity index is 2.88. The summed E-state index contributed by atoms with van der Waals surface area (Å²) in [5.74, 6) is 0.0954. The first-order chi connectivity index (χ1) is 6.09. The molecule has 1 rings (SSSR count). The van der Waals surface area contributed by atoms with Crippen LogP contribution >= 0.6 is 11.8 Å². The van der Waals surface area contributed by atoms with Crippen molar-refractivity contribution >= 4 is 21.6 Å². The first-order valence-corrected chi connectivity index (χ1v) is 6.36. The maximum atomic E-state index is 11.2. The third-order valence-corrected chi connectivity index (χ3v) is 4.01. The molecule has 0 aromatic heterocycles. The zero-order valence-corrected chi connectivity index (χ0v) is 8.57. The Bertz CT molecular complexity index is 375. The van der Waals surface area contributed by atoms with Crippen molar-refractivity contribution in [1.82, 2.24) is 0 Å². The Morgan fingerprint density at radius 2 is 2.38 bits per heavy atom. The molecule has 1 aliphatic heterocycles. The molecular formula is C8H9NO2S2. The number of hydrogen-bond donors (Lipinski definition) is 0. The van der Waals surface area contributed by atoms with Crippen molar-refractivity contribution in [2.45, 2.75) is 0 Å². The minimum absolute atomic E-state index is 0.0678. The SMILES string of the molecule is C=CC1CS(=O)(=O)CC1=CSC#N. The summed E-state index contributed by atoms with van der Waals surface area (Å²) in [6.07, 6.45) is 1.62. The lowest BCUT2D eigenvalue weighted by molar-refractivity contribution is 0.601. The monoisotopic (exact) mass is 215 g/mol. The van der Waals surface area contributed by atoms with E-state index in [1.165, 1.54) is 0 Å². The number of thioether (sulfide) groups is 1. The van der Waals surface area contributed by atoms with Gasteiger partial charge in [-0.05, 0) is 22.7 Å². The van der Waals surface area contributed by atoms with E-state index < -0.39 is 9.84 Å². The van der Waals surface area contributed by atoms with Crippen LogP contribution in [0, 0.1) is 16.6 Å². The minimum atomic E-state index is -2.95. The highest BCUT2D eigenvalue weighted by atomic mass is 32.2. The standard InChI is InChI=1S/C8H9NO2S2/c1-2-7-4-13(10,11)5-8(7)3-12-6-9/h2-3,7H,1,4-5H2. The summed E-state index contributed by atoms with van der Waals surface area (Å²) in [6.45, 7) is 3.57. The maximum Gasteiger partial charge on any atom is 0.155 e. The average Bonchev–Trinajstić information content (AvgIpc) is 2.37. The number of nitrogens with zero attached hydrogens (tertiary/aromatic N) is 1. The van der Waals surface area contributed by atoms with Gasteiger partial charge in [0.2, 0.25) is 0 Å². The lowest BCUT2D eigenvalue weighted by atomic mass is 10.1. The van der Waals surface area contributed by atoms with Crippen molar-refractivity contribution in [3.8, 4) is 5.40 Å². The first-order valence-electron chi connectivity index (χ1n) is 3.65. The van der Waals surface area contributed by atoms with E-state index in [1.54, 1.807) is 11.5 Å². The Hall–Kier alpha value is -0.730. The fourth-order valence-electron chi connectivity index (χ4n) is 1.24. The molecule has 0 aromatic carbocycles. The summed E-state index contributed by atoms with van der Waals surface area (Å²) in [5.41, 5.74) is 0.779. The summed E-state index contributed by atoms with van der Waals surface area (Å²) in [6, 6.07) is 0. The molecule has 0 bridgehead atoms. The summed E-state index contributed by atoms with van der Waals surface area (Å²) in [4.78, 5) is 0. The first kappa shape index (κ1) is 10.4. The minimum Gasteiger partial charge on any atom is -0.228 e. The van der Waals surface area contributed by atoms with Crippen molar-refractivity contribution in [1.29, 1.82) is 5.26 Å². The van der Waals surface area contributed by atoms with Crippen LogP contribution < -0.4 is 0 Å². The maximum absolute atomic E-state index is 11.2. The Labute approximate surface area is 82.0 Å². The fourth-order valence-corrected chi connectivity index (χ4v) is 3.63. The molecule has 1 atom stereocenters. The topological polar surface area (TPSA) is 57.9 Å². The van der Waals surface area contributed by atoms with Crippen molar-refractivity contribution in [3.63, 3.8) is 0 Å². The van der Waals surface area contributed by atoms with Crippen LogP contribution in [0.1, 0.15) is 0 Å². The van der Waals surface area contributed by atoms with E-state index in [4.69, 9.17) is 5.26 Å². The van der Waals surface area contributed by atoms with Gasteiger partial charge in [-0.25, -0.2) is 8.42 Å². The lowest BCUT2D eigenvalue weighted by Crippen LogP contribution is -2.02. The van der Waals surface area contributed by atoms with Crippen LogP contribution in [0.3, 0.4) is 0 Å². The molecule has 0 N–H and O–H groups in total. The number of hydrogen-bond acceptors (Lipinski definition) is 4. The molecule has 0 amide bonds. The van der Waals surface area contributed by atoms with Crippen LogP contribution in [0.15, 0.2) is 23.6 Å². The van der Waals surface area contributed by atoms with Crippen LogP contribution in [-0.2, 0) is 9.84 Å². The molecule has 0 saturated carbocycles. The second-order valence-corrected chi connectivity index (χ2v) is 5.56. The van der Waals surface area contributed by atoms with E-state index >= 15 is 0 Å². The number of sulfone groups is 1. The highest BCUT2D eigenvalue weighted by Gasteiger charge is 2.30. The largest absolute Gasteiger partial charge is 0.228 e. The zero-order valence-electron chi connectivity index (χ0n) is 6.93. The van der Waals surface area contributed by atoms with Crippen molar-refractivity contribution in [3.05, 3.63) is 23.6 Å².